The molecule has 118 valence electrons. The summed E-state index contributed by atoms with van der Waals surface area (Å²) in [5.41, 5.74) is 1.53. The van der Waals surface area contributed by atoms with Crippen LogP contribution in [0.2, 0.25) is 0 Å². The third-order valence-electron chi connectivity index (χ3n) is 3.12. The summed E-state index contributed by atoms with van der Waals surface area (Å²) in [6, 6.07) is 6.89. The predicted molar refractivity (Wildman–Crippen MR) is 87.0 cm³/mol. The molecule has 6 nitrogen and oxygen atoms in total. The summed E-state index contributed by atoms with van der Waals surface area (Å²) in [6.45, 7) is 2.89. The van der Waals surface area contributed by atoms with E-state index < -0.39 is 10.0 Å². The fraction of sp³-hybridized carbons (Fsp3) is 0.429. The van der Waals surface area contributed by atoms with Crippen LogP contribution in [0.5, 0.6) is 0 Å². The van der Waals surface area contributed by atoms with Gasteiger partial charge >= 0.3 is 0 Å². The molecule has 0 saturated carbocycles. The lowest BCUT2D eigenvalue weighted by Crippen LogP contribution is -2.11. The number of aromatic nitrogens is 2. The fourth-order valence-corrected chi connectivity index (χ4v) is 3.64. The number of hydrogen-bond acceptors (Lipinski definition) is 5. The summed E-state index contributed by atoms with van der Waals surface area (Å²) in [6.07, 6.45) is 2.28. The fourth-order valence-electron chi connectivity index (χ4n) is 2.13. The van der Waals surface area contributed by atoms with Crippen LogP contribution in [0.3, 0.4) is 0 Å². The van der Waals surface area contributed by atoms with Crippen molar-refractivity contribution >= 4 is 32.8 Å². The topological polar surface area (TPSA) is 102 Å². The Labute approximate surface area is 134 Å². The predicted octanol–water partition coefficient (Wildman–Crippen LogP) is 2.49. The smallest absolute Gasteiger partial charge is 0.238 e. The molecule has 0 saturated heterocycles. The molecular formula is C14H18N4O2S2. The van der Waals surface area contributed by atoms with Gasteiger partial charge in [0, 0.05) is 18.7 Å². The number of thioether (sulfide) groups is 1. The molecule has 1 aromatic heterocycles. The summed E-state index contributed by atoms with van der Waals surface area (Å²) in [5.74, 6) is 0.808. The quantitative estimate of drug-likeness (QED) is 0.617. The van der Waals surface area contributed by atoms with E-state index in [1.165, 1.54) is 12.1 Å². The van der Waals surface area contributed by atoms with E-state index in [1.54, 1.807) is 17.8 Å². The lowest BCUT2D eigenvalue weighted by atomic mass is 10.3. The zero-order valence-electron chi connectivity index (χ0n) is 12.3. The number of hydrogen-bond donors (Lipinski definition) is 1. The highest BCUT2D eigenvalue weighted by Crippen LogP contribution is 2.26. The maximum absolute atomic E-state index is 11.4. The second kappa shape index (κ2) is 7.13. The Balaban J connectivity index is 2.38. The van der Waals surface area contributed by atoms with Gasteiger partial charge in [-0.25, -0.2) is 18.5 Å². The van der Waals surface area contributed by atoms with E-state index in [0.717, 1.165) is 35.8 Å². The van der Waals surface area contributed by atoms with Crippen molar-refractivity contribution in [3.63, 3.8) is 0 Å². The monoisotopic (exact) mass is 338 g/mol. The van der Waals surface area contributed by atoms with Crippen LogP contribution >= 0.6 is 11.8 Å². The molecule has 8 heteroatoms. The molecule has 0 aliphatic rings. The molecule has 2 N–H and O–H groups in total. The van der Waals surface area contributed by atoms with Gasteiger partial charge in [0.15, 0.2) is 5.16 Å². The molecule has 22 heavy (non-hydrogen) atoms. The van der Waals surface area contributed by atoms with Crippen molar-refractivity contribution in [2.75, 3.05) is 5.75 Å². The number of primary sulfonamides is 1. The normalized spacial score (nSPS) is 11.7. The molecule has 0 amide bonds. The van der Waals surface area contributed by atoms with Crippen molar-refractivity contribution in [2.45, 2.75) is 42.8 Å². The Morgan fingerprint density at radius 2 is 2.23 bits per heavy atom. The van der Waals surface area contributed by atoms with Crippen molar-refractivity contribution in [2.24, 2.45) is 5.14 Å². The summed E-state index contributed by atoms with van der Waals surface area (Å²) in [4.78, 5) is 4.60. The van der Waals surface area contributed by atoms with E-state index in [9.17, 15) is 8.42 Å². The van der Waals surface area contributed by atoms with Crippen LogP contribution in [-0.4, -0.2) is 23.7 Å². The third kappa shape index (κ3) is 3.80. The standard InChI is InChI=1S/C14H18N4O2S2/c1-2-8-18-13-6-5-11(22(16,19)20)10-12(13)17-14(18)21-9-4-3-7-15/h5-6,10H,2-4,8-9H2,1H3,(H2,16,19,20). The van der Waals surface area contributed by atoms with E-state index in [4.69, 9.17) is 10.4 Å². The summed E-state index contributed by atoms with van der Waals surface area (Å²) >= 11 is 1.59. The van der Waals surface area contributed by atoms with Crippen molar-refractivity contribution in [3.05, 3.63) is 18.2 Å². The number of unbranched alkanes of at least 4 members (excludes halogenated alkanes) is 1. The van der Waals surface area contributed by atoms with Gasteiger partial charge in [0.2, 0.25) is 10.0 Å². The number of nitriles is 1. The maximum Gasteiger partial charge on any atom is 0.238 e. The van der Waals surface area contributed by atoms with Gasteiger partial charge in [-0.05, 0) is 31.0 Å². The maximum atomic E-state index is 11.4. The van der Waals surface area contributed by atoms with Crippen molar-refractivity contribution in [3.8, 4) is 6.07 Å². The summed E-state index contributed by atoms with van der Waals surface area (Å²) in [7, 11) is -3.73. The van der Waals surface area contributed by atoms with E-state index in [-0.39, 0.29) is 4.90 Å². The zero-order valence-corrected chi connectivity index (χ0v) is 14.0. The number of nitrogens with two attached hydrogens (primary N) is 1. The van der Waals surface area contributed by atoms with E-state index in [1.807, 2.05) is 0 Å². The Bertz CT molecular complexity index is 806. The first-order valence-electron chi connectivity index (χ1n) is 7.00. The number of aryl methyl sites for hydroxylation is 1. The lowest BCUT2D eigenvalue weighted by molar-refractivity contribution is 0.598. The minimum absolute atomic E-state index is 0.0715. The van der Waals surface area contributed by atoms with Crippen LogP contribution in [0.15, 0.2) is 28.3 Å². The Hall–Kier alpha value is -1.56. The zero-order chi connectivity index (χ0) is 16.2. The molecule has 2 rings (SSSR count). The van der Waals surface area contributed by atoms with E-state index >= 15 is 0 Å². The molecule has 0 fully saturated rings. The highest BCUT2D eigenvalue weighted by molar-refractivity contribution is 7.99. The molecule has 0 aliphatic heterocycles. The van der Waals surface area contributed by atoms with Crippen molar-refractivity contribution in [1.29, 1.82) is 5.26 Å². The second-order valence-corrected chi connectivity index (χ2v) is 7.48. The Morgan fingerprint density at radius 3 is 2.86 bits per heavy atom. The van der Waals surface area contributed by atoms with Gasteiger partial charge < -0.3 is 4.57 Å². The summed E-state index contributed by atoms with van der Waals surface area (Å²) < 4.78 is 25.0. The second-order valence-electron chi connectivity index (χ2n) is 4.85. The van der Waals surface area contributed by atoms with Gasteiger partial charge in [0.25, 0.3) is 0 Å². The highest BCUT2D eigenvalue weighted by atomic mass is 32.2. The third-order valence-corrected chi connectivity index (χ3v) is 5.10. The largest absolute Gasteiger partial charge is 0.319 e. The molecule has 0 radical (unpaired) electrons. The first kappa shape index (κ1) is 16.8. The molecular weight excluding hydrogens is 320 g/mol. The van der Waals surface area contributed by atoms with Crippen molar-refractivity contribution in [1.82, 2.24) is 9.55 Å². The number of benzene rings is 1. The van der Waals surface area contributed by atoms with Crippen LogP contribution in [0.1, 0.15) is 26.2 Å². The minimum Gasteiger partial charge on any atom is -0.319 e. The van der Waals surface area contributed by atoms with Crippen LogP contribution in [-0.2, 0) is 16.6 Å². The van der Waals surface area contributed by atoms with Crippen LogP contribution in [0, 0.1) is 11.3 Å². The molecule has 1 heterocycles. The first-order chi connectivity index (χ1) is 10.5. The van der Waals surface area contributed by atoms with Gasteiger partial charge in [-0.1, -0.05) is 18.7 Å². The van der Waals surface area contributed by atoms with E-state index in [2.05, 4.69) is 22.5 Å². The lowest BCUT2D eigenvalue weighted by Gasteiger charge is -2.06. The SMILES string of the molecule is CCCn1c(SCCCC#N)nc2cc(S(N)(=O)=O)ccc21. The molecule has 0 unspecified atom stereocenters. The van der Waals surface area contributed by atoms with Gasteiger partial charge in [0.05, 0.1) is 22.0 Å². The minimum atomic E-state index is -3.73. The number of imidazole rings is 1. The first-order valence-corrected chi connectivity index (χ1v) is 9.53. The van der Waals surface area contributed by atoms with Crippen LogP contribution in [0.4, 0.5) is 0 Å². The molecule has 0 spiro atoms. The molecule has 0 aliphatic carbocycles. The molecule has 0 bridgehead atoms. The van der Waals surface area contributed by atoms with Gasteiger partial charge in [-0.15, -0.1) is 0 Å². The van der Waals surface area contributed by atoms with Gasteiger partial charge in [-0.2, -0.15) is 5.26 Å². The molecule has 2 aromatic rings. The number of nitrogens with zero attached hydrogens (tertiary/aromatic N) is 3. The average molecular weight is 338 g/mol. The average Bonchev–Trinajstić information content (AvgIpc) is 2.80. The Morgan fingerprint density at radius 1 is 1.45 bits per heavy atom. The van der Waals surface area contributed by atoms with Crippen LogP contribution < -0.4 is 5.14 Å². The Kier molecular flexibility index (Phi) is 5.45. The summed E-state index contributed by atoms with van der Waals surface area (Å²) in [5, 5.41) is 14.6. The number of rotatable bonds is 7. The number of sulfonamides is 1. The van der Waals surface area contributed by atoms with E-state index in [0.29, 0.717) is 11.9 Å². The number of fused-ring (bicyclic) bond motifs is 1. The molecule has 1 aromatic carbocycles. The van der Waals surface area contributed by atoms with Crippen molar-refractivity contribution < 1.29 is 8.42 Å². The van der Waals surface area contributed by atoms with Gasteiger partial charge in [-0.3, -0.25) is 0 Å². The molecule has 0 atom stereocenters. The van der Waals surface area contributed by atoms with Crippen LogP contribution in [0.25, 0.3) is 11.0 Å². The van der Waals surface area contributed by atoms with Gasteiger partial charge in [0.1, 0.15) is 0 Å². The highest BCUT2D eigenvalue weighted by Gasteiger charge is 2.14.